The van der Waals surface area contributed by atoms with E-state index in [1.807, 2.05) is 13.8 Å². The van der Waals surface area contributed by atoms with E-state index in [9.17, 15) is 18.0 Å². The molecule has 158 valence electrons. The monoisotopic (exact) mass is 419 g/mol. The van der Waals surface area contributed by atoms with Gasteiger partial charge in [-0.15, -0.1) is 0 Å². The summed E-state index contributed by atoms with van der Waals surface area (Å²) in [4.78, 5) is 25.8. The number of sulfonamides is 1. The number of esters is 1. The van der Waals surface area contributed by atoms with Crippen molar-refractivity contribution in [2.45, 2.75) is 70.4 Å². The third-order valence-corrected chi connectivity index (χ3v) is 7.43. The van der Waals surface area contributed by atoms with E-state index in [-0.39, 0.29) is 23.6 Å². The molecule has 1 aromatic rings. The molecule has 29 heavy (non-hydrogen) atoms. The molecule has 0 N–H and O–H groups in total. The van der Waals surface area contributed by atoms with Crippen molar-refractivity contribution in [1.82, 2.24) is 4.31 Å². The summed E-state index contributed by atoms with van der Waals surface area (Å²) in [5.41, 5.74) is -0.461. The zero-order valence-corrected chi connectivity index (χ0v) is 18.5. The summed E-state index contributed by atoms with van der Waals surface area (Å²) in [5.74, 6) is -0.665. The second-order valence-corrected chi connectivity index (χ2v) is 10.8. The van der Waals surface area contributed by atoms with E-state index in [4.69, 9.17) is 4.74 Å². The first kappa shape index (κ1) is 21.7. The molecule has 1 aromatic carbocycles. The molecule has 2 atom stereocenters. The number of carbonyl (C=O) groups excluding carboxylic acids is 2. The fraction of sp³-hybridized carbons (Fsp3) is 0.545. The maximum Gasteiger partial charge on any atom is 0.318 e. The molecule has 0 amide bonds. The molecule has 1 saturated heterocycles. The third-order valence-electron chi connectivity index (χ3n) is 5.56. The molecular formula is C22H29NO5S. The zero-order valence-electron chi connectivity index (χ0n) is 17.7. The highest BCUT2D eigenvalue weighted by Crippen LogP contribution is 2.52. The van der Waals surface area contributed by atoms with Crippen LogP contribution in [0.25, 0.3) is 0 Å². The lowest BCUT2D eigenvalue weighted by Gasteiger charge is -2.36. The van der Waals surface area contributed by atoms with Gasteiger partial charge in [-0.3, -0.25) is 9.59 Å². The average molecular weight is 420 g/mol. The number of nitrogens with zero attached hydrogens (tertiary/aromatic N) is 1. The normalized spacial score (nSPS) is 25.1. The summed E-state index contributed by atoms with van der Waals surface area (Å²) < 4.78 is 34.0. The van der Waals surface area contributed by atoms with Gasteiger partial charge in [-0.1, -0.05) is 31.0 Å². The molecule has 2 aliphatic rings. The van der Waals surface area contributed by atoms with E-state index >= 15 is 0 Å². The smallest absolute Gasteiger partial charge is 0.318 e. The van der Waals surface area contributed by atoms with Crippen molar-refractivity contribution in [2.75, 3.05) is 6.54 Å². The van der Waals surface area contributed by atoms with Crippen LogP contribution in [0.2, 0.25) is 0 Å². The first-order valence-electron chi connectivity index (χ1n) is 9.97. The minimum atomic E-state index is -3.83. The average Bonchev–Trinajstić information content (AvgIpc) is 3.08. The highest BCUT2D eigenvalue weighted by molar-refractivity contribution is 7.89. The van der Waals surface area contributed by atoms with Gasteiger partial charge in [0.05, 0.1) is 4.90 Å². The summed E-state index contributed by atoms with van der Waals surface area (Å²) in [5, 5.41) is 0. The number of ether oxygens (including phenoxy) is 1. The first-order chi connectivity index (χ1) is 13.4. The van der Waals surface area contributed by atoms with Crippen molar-refractivity contribution in [1.29, 1.82) is 0 Å². The van der Waals surface area contributed by atoms with Crippen molar-refractivity contribution >= 4 is 21.8 Å². The molecule has 0 aromatic heterocycles. The van der Waals surface area contributed by atoms with E-state index in [1.165, 1.54) is 10.4 Å². The predicted octanol–water partition coefficient (Wildman–Crippen LogP) is 3.40. The van der Waals surface area contributed by atoms with Gasteiger partial charge < -0.3 is 4.74 Å². The highest BCUT2D eigenvalue weighted by Gasteiger charge is 2.62. The molecule has 1 aliphatic heterocycles. The molecule has 1 fully saturated rings. The van der Waals surface area contributed by atoms with Gasteiger partial charge in [-0.2, -0.15) is 4.31 Å². The summed E-state index contributed by atoms with van der Waals surface area (Å²) in [6, 6.07) is 6.03. The third kappa shape index (κ3) is 3.78. The van der Waals surface area contributed by atoms with Crippen LogP contribution in [0, 0.1) is 12.3 Å². The van der Waals surface area contributed by atoms with E-state index in [0.717, 1.165) is 5.56 Å². The number of fused-ring (bicyclic) bond motifs is 1. The Bertz CT molecular complexity index is 956. The standard InChI is InChI=1S/C22H29NO5S/c1-6-7-19-22(20(25)28-21(3,4)5)13-17(24)12-16(22)14-23(19)29(26,27)18-10-8-15(2)9-11-18/h8-12,19H,6-7,13-14H2,1-5H3/t19-,22?/m0/s1. The van der Waals surface area contributed by atoms with Crippen molar-refractivity contribution in [3.8, 4) is 0 Å². The van der Waals surface area contributed by atoms with Crippen LogP contribution in [0.15, 0.2) is 40.8 Å². The molecule has 0 radical (unpaired) electrons. The predicted molar refractivity (Wildman–Crippen MR) is 110 cm³/mol. The summed E-state index contributed by atoms with van der Waals surface area (Å²) >= 11 is 0. The molecule has 0 saturated carbocycles. The van der Waals surface area contributed by atoms with Crippen LogP contribution in [0.4, 0.5) is 0 Å². The van der Waals surface area contributed by atoms with E-state index in [0.29, 0.717) is 18.4 Å². The minimum absolute atomic E-state index is 0.0336. The van der Waals surface area contributed by atoms with E-state index in [1.54, 1.807) is 45.0 Å². The fourth-order valence-corrected chi connectivity index (χ4v) is 5.96. The number of carbonyl (C=O) groups is 2. The van der Waals surface area contributed by atoms with Crippen LogP contribution in [0.3, 0.4) is 0 Å². The Hall–Kier alpha value is -1.99. The summed E-state index contributed by atoms with van der Waals surface area (Å²) in [6.07, 6.45) is 2.55. The number of allylic oxidation sites excluding steroid dienone is 1. The lowest BCUT2D eigenvalue weighted by Crippen LogP contribution is -2.49. The van der Waals surface area contributed by atoms with Gasteiger partial charge in [0.2, 0.25) is 10.0 Å². The van der Waals surface area contributed by atoms with Crippen molar-refractivity contribution in [3.05, 3.63) is 41.5 Å². The van der Waals surface area contributed by atoms with Crippen LogP contribution in [-0.4, -0.2) is 42.7 Å². The molecule has 1 heterocycles. The van der Waals surface area contributed by atoms with E-state index in [2.05, 4.69) is 0 Å². The van der Waals surface area contributed by atoms with Crippen molar-refractivity contribution < 1.29 is 22.7 Å². The molecule has 0 spiro atoms. The minimum Gasteiger partial charge on any atom is -0.459 e. The Kier molecular flexibility index (Phi) is 5.51. The maximum atomic E-state index is 13.5. The Morgan fingerprint density at radius 1 is 1.24 bits per heavy atom. The van der Waals surface area contributed by atoms with Gasteiger partial charge in [0.1, 0.15) is 11.0 Å². The molecule has 0 bridgehead atoms. The SMILES string of the molecule is CCC[C@@H]1N(S(=O)(=O)c2ccc(C)cc2)CC2=CC(=O)CC21C(=O)OC(C)(C)C. The van der Waals surface area contributed by atoms with Crippen molar-refractivity contribution in [3.63, 3.8) is 0 Å². The topological polar surface area (TPSA) is 80.8 Å². The zero-order chi connectivity index (χ0) is 21.6. The second kappa shape index (κ2) is 7.36. The molecule has 3 rings (SSSR count). The summed E-state index contributed by atoms with van der Waals surface area (Å²) in [6.45, 7) is 9.18. The van der Waals surface area contributed by atoms with Gasteiger partial charge in [-0.05, 0) is 57.9 Å². The first-order valence-corrected chi connectivity index (χ1v) is 11.4. The van der Waals surface area contributed by atoms with Gasteiger partial charge in [-0.25, -0.2) is 8.42 Å². The molecule has 6 nitrogen and oxygen atoms in total. The summed E-state index contributed by atoms with van der Waals surface area (Å²) in [7, 11) is -3.83. The number of benzene rings is 1. The van der Waals surface area contributed by atoms with Crippen molar-refractivity contribution in [2.24, 2.45) is 5.41 Å². The Balaban J connectivity index is 2.09. The van der Waals surface area contributed by atoms with Crippen LogP contribution in [0.5, 0.6) is 0 Å². The highest BCUT2D eigenvalue weighted by atomic mass is 32.2. The molecule has 1 unspecified atom stereocenters. The van der Waals surface area contributed by atoms with Crippen LogP contribution < -0.4 is 0 Å². The second-order valence-electron chi connectivity index (χ2n) is 8.95. The van der Waals surface area contributed by atoms with Crippen LogP contribution in [-0.2, 0) is 24.3 Å². The Labute approximate surface area is 173 Å². The number of hydrogen-bond acceptors (Lipinski definition) is 5. The molecule has 1 aliphatic carbocycles. The molecular weight excluding hydrogens is 390 g/mol. The fourth-order valence-electron chi connectivity index (χ4n) is 4.28. The largest absolute Gasteiger partial charge is 0.459 e. The quantitative estimate of drug-likeness (QED) is 0.684. The van der Waals surface area contributed by atoms with Gasteiger partial charge in [0, 0.05) is 19.0 Å². The lowest BCUT2D eigenvalue weighted by molar-refractivity contribution is -0.167. The number of hydrogen-bond donors (Lipinski definition) is 0. The lowest BCUT2D eigenvalue weighted by atomic mass is 9.75. The maximum absolute atomic E-state index is 13.5. The van der Waals surface area contributed by atoms with E-state index < -0.39 is 33.1 Å². The number of rotatable bonds is 5. The van der Waals surface area contributed by atoms with Gasteiger partial charge in [0.15, 0.2) is 5.78 Å². The molecule has 7 heteroatoms. The Morgan fingerprint density at radius 2 is 1.86 bits per heavy atom. The van der Waals surface area contributed by atoms with Gasteiger partial charge in [0.25, 0.3) is 0 Å². The van der Waals surface area contributed by atoms with Crippen LogP contribution in [0.1, 0.15) is 52.5 Å². The van der Waals surface area contributed by atoms with Gasteiger partial charge >= 0.3 is 5.97 Å². The Morgan fingerprint density at radius 3 is 2.41 bits per heavy atom. The van der Waals surface area contributed by atoms with Crippen LogP contribution >= 0.6 is 0 Å². The number of aryl methyl sites for hydroxylation is 1. The number of ketones is 1.